The van der Waals surface area contributed by atoms with E-state index in [0.29, 0.717) is 10.8 Å². The highest BCUT2D eigenvalue weighted by molar-refractivity contribution is 4.84. The van der Waals surface area contributed by atoms with Gasteiger partial charge in [0, 0.05) is 0 Å². The maximum absolute atomic E-state index is 2.34. The summed E-state index contributed by atoms with van der Waals surface area (Å²) < 4.78 is 0. The van der Waals surface area contributed by atoms with Crippen LogP contribution in [-0.2, 0) is 0 Å². The summed E-state index contributed by atoms with van der Waals surface area (Å²) >= 11 is 0. The Balaban J connectivity index is 3.47. The first-order valence-electron chi connectivity index (χ1n) is 5.86. The van der Waals surface area contributed by atoms with E-state index in [9.17, 15) is 0 Å². The summed E-state index contributed by atoms with van der Waals surface area (Å²) in [5.41, 5.74) is 0.961. The van der Waals surface area contributed by atoms with Crippen molar-refractivity contribution in [1.29, 1.82) is 0 Å². The third-order valence-corrected chi connectivity index (χ3v) is 2.29. The molecule has 0 rings (SSSR count). The van der Waals surface area contributed by atoms with Gasteiger partial charge in [0.2, 0.25) is 0 Å². The largest absolute Gasteiger partial charge is 0.0885 e. The first-order valence-corrected chi connectivity index (χ1v) is 5.86. The van der Waals surface area contributed by atoms with Crippen LogP contribution in [0, 0.1) is 10.8 Å². The molecule has 0 aliphatic rings. The van der Waals surface area contributed by atoms with Crippen LogP contribution in [0.5, 0.6) is 0 Å². The number of hydrogen-bond acceptors (Lipinski definition) is 0. The summed E-state index contributed by atoms with van der Waals surface area (Å²) in [6.07, 6.45) is 9.73. The standard InChI is InChI=1S/C14H28/c1-13(2,3)11-9-7-8-10-12-14(4,5)6/h7-8H,9-12H2,1-6H3/b8-7+. The summed E-state index contributed by atoms with van der Waals surface area (Å²) in [4.78, 5) is 0. The fourth-order valence-electron chi connectivity index (χ4n) is 1.27. The second-order valence-corrected chi connectivity index (χ2v) is 6.67. The zero-order valence-corrected chi connectivity index (χ0v) is 11.0. The van der Waals surface area contributed by atoms with Crippen molar-refractivity contribution in [2.75, 3.05) is 0 Å². The SMILES string of the molecule is CC(C)(C)CC/C=C/CCC(C)(C)C. The molecule has 0 heterocycles. The molecule has 0 radical (unpaired) electrons. The molecule has 0 aromatic carbocycles. The maximum Gasteiger partial charge on any atom is -0.0346 e. The van der Waals surface area contributed by atoms with E-state index in [-0.39, 0.29) is 0 Å². The lowest BCUT2D eigenvalue weighted by Gasteiger charge is -2.17. The van der Waals surface area contributed by atoms with E-state index in [1.54, 1.807) is 0 Å². The number of hydrogen-bond donors (Lipinski definition) is 0. The Morgan fingerprint density at radius 3 is 1.14 bits per heavy atom. The molecule has 0 aromatic rings. The van der Waals surface area contributed by atoms with Crippen LogP contribution in [0.3, 0.4) is 0 Å². The molecule has 0 spiro atoms. The van der Waals surface area contributed by atoms with E-state index in [4.69, 9.17) is 0 Å². The Labute approximate surface area is 90.8 Å². The average Bonchev–Trinajstić information content (AvgIpc) is 1.92. The van der Waals surface area contributed by atoms with Gasteiger partial charge in [0.1, 0.15) is 0 Å². The van der Waals surface area contributed by atoms with Gasteiger partial charge >= 0.3 is 0 Å². The Morgan fingerprint density at radius 1 is 0.643 bits per heavy atom. The molecule has 0 saturated carbocycles. The Hall–Kier alpha value is -0.260. The molecule has 0 aliphatic heterocycles. The van der Waals surface area contributed by atoms with E-state index in [1.165, 1.54) is 25.7 Å². The van der Waals surface area contributed by atoms with Crippen molar-refractivity contribution in [1.82, 2.24) is 0 Å². The van der Waals surface area contributed by atoms with Gasteiger partial charge in [0.15, 0.2) is 0 Å². The lowest BCUT2D eigenvalue weighted by Crippen LogP contribution is -2.03. The van der Waals surface area contributed by atoms with Crippen molar-refractivity contribution in [3.05, 3.63) is 12.2 Å². The number of allylic oxidation sites excluding steroid dienone is 2. The van der Waals surface area contributed by atoms with Gasteiger partial charge in [-0.15, -0.1) is 0 Å². The highest BCUT2D eigenvalue weighted by Crippen LogP contribution is 2.22. The van der Waals surface area contributed by atoms with Gasteiger partial charge in [-0.2, -0.15) is 0 Å². The zero-order chi connectivity index (χ0) is 11.2. The maximum atomic E-state index is 2.34. The lowest BCUT2D eigenvalue weighted by atomic mass is 9.89. The van der Waals surface area contributed by atoms with Crippen LogP contribution in [0.1, 0.15) is 67.2 Å². The highest BCUT2D eigenvalue weighted by Gasteiger charge is 2.08. The molecule has 0 amide bonds. The summed E-state index contributed by atoms with van der Waals surface area (Å²) in [5, 5.41) is 0. The quantitative estimate of drug-likeness (QED) is 0.542. The van der Waals surface area contributed by atoms with Crippen LogP contribution in [0.15, 0.2) is 12.2 Å². The van der Waals surface area contributed by atoms with Gasteiger partial charge in [0.25, 0.3) is 0 Å². The van der Waals surface area contributed by atoms with Crippen LogP contribution < -0.4 is 0 Å². The minimum absolute atomic E-state index is 0.481. The van der Waals surface area contributed by atoms with Gasteiger partial charge in [-0.05, 0) is 36.5 Å². The van der Waals surface area contributed by atoms with Crippen molar-refractivity contribution in [3.63, 3.8) is 0 Å². The van der Waals surface area contributed by atoms with Crippen LogP contribution >= 0.6 is 0 Å². The van der Waals surface area contributed by atoms with Crippen molar-refractivity contribution in [2.45, 2.75) is 67.2 Å². The molecule has 0 N–H and O–H groups in total. The van der Waals surface area contributed by atoms with Crippen LogP contribution in [0.25, 0.3) is 0 Å². The van der Waals surface area contributed by atoms with Gasteiger partial charge in [0.05, 0.1) is 0 Å². The topological polar surface area (TPSA) is 0 Å². The fraction of sp³-hybridized carbons (Fsp3) is 0.857. The zero-order valence-electron chi connectivity index (χ0n) is 11.0. The van der Waals surface area contributed by atoms with E-state index in [2.05, 4.69) is 53.7 Å². The van der Waals surface area contributed by atoms with Crippen molar-refractivity contribution in [2.24, 2.45) is 10.8 Å². The Morgan fingerprint density at radius 2 is 0.929 bits per heavy atom. The molecule has 14 heavy (non-hydrogen) atoms. The van der Waals surface area contributed by atoms with Crippen molar-refractivity contribution < 1.29 is 0 Å². The second-order valence-electron chi connectivity index (χ2n) is 6.67. The first-order chi connectivity index (χ1) is 6.21. The van der Waals surface area contributed by atoms with Crippen LogP contribution in [0.2, 0.25) is 0 Å². The minimum atomic E-state index is 0.481. The van der Waals surface area contributed by atoms with Crippen molar-refractivity contribution >= 4 is 0 Å². The van der Waals surface area contributed by atoms with Gasteiger partial charge < -0.3 is 0 Å². The molecule has 0 aromatic heterocycles. The Kier molecular flexibility index (Phi) is 5.48. The van der Waals surface area contributed by atoms with Crippen molar-refractivity contribution in [3.8, 4) is 0 Å². The minimum Gasteiger partial charge on any atom is -0.0885 e. The molecular weight excluding hydrogens is 168 g/mol. The first kappa shape index (κ1) is 13.7. The molecule has 0 bridgehead atoms. The van der Waals surface area contributed by atoms with E-state index >= 15 is 0 Å². The summed E-state index contributed by atoms with van der Waals surface area (Å²) in [6.45, 7) is 13.8. The lowest BCUT2D eigenvalue weighted by molar-refractivity contribution is 0.377. The Bertz CT molecular complexity index is 141. The molecule has 0 saturated heterocycles. The van der Waals surface area contributed by atoms with Gasteiger partial charge in [-0.1, -0.05) is 53.7 Å². The van der Waals surface area contributed by atoms with Gasteiger partial charge in [-0.3, -0.25) is 0 Å². The third kappa shape index (κ3) is 11.7. The third-order valence-electron chi connectivity index (χ3n) is 2.29. The molecule has 84 valence electrons. The normalized spacial score (nSPS) is 13.9. The predicted molar refractivity (Wildman–Crippen MR) is 66.5 cm³/mol. The smallest absolute Gasteiger partial charge is 0.0346 e. The molecule has 0 aliphatic carbocycles. The average molecular weight is 196 g/mol. The molecule has 0 nitrogen and oxygen atoms in total. The van der Waals surface area contributed by atoms with Crippen LogP contribution in [-0.4, -0.2) is 0 Å². The molecular formula is C14H28. The molecule has 0 atom stereocenters. The fourth-order valence-corrected chi connectivity index (χ4v) is 1.27. The summed E-state index contributed by atoms with van der Waals surface area (Å²) in [7, 11) is 0. The monoisotopic (exact) mass is 196 g/mol. The molecule has 0 unspecified atom stereocenters. The van der Waals surface area contributed by atoms with Crippen LogP contribution in [0.4, 0.5) is 0 Å². The van der Waals surface area contributed by atoms with E-state index in [1.807, 2.05) is 0 Å². The van der Waals surface area contributed by atoms with E-state index < -0.39 is 0 Å². The molecule has 0 fully saturated rings. The molecule has 0 heteroatoms. The van der Waals surface area contributed by atoms with E-state index in [0.717, 1.165) is 0 Å². The van der Waals surface area contributed by atoms with Gasteiger partial charge in [-0.25, -0.2) is 0 Å². The second kappa shape index (κ2) is 5.58. The summed E-state index contributed by atoms with van der Waals surface area (Å²) in [5.74, 6) is 0. The highest BCUT2D eigenvalue weighted by atomic mass is 14.1. The number of rotatable bonds is 4. The summed E-state index contributed by atoms with van der Waals surface area (Å²) in [6, 6.07) is 0. The predicted octanol–water partition coefficient (Wildman–Crippen LogP) is 5.20.